The van der Waals surface area contributed by atoms with Gasteiger partial charge in [-0.25, -0.2) is 4.79 Å². The Kier molecular flexibility index (Phi) is 5.70. The van der Waals surface area contributed by atoms with Crippen LogP contribution in [0.15, 0.2) is 11.1 Å². The zero-order chi connectivity index (χ0) is 17.2. The maximum atomic E-state index is 12.0. The molecule has 2 aliphatic rings. The summed E-state index contributed by atoms with van der Waals surface area (Å²) in [6.45, 7) is 7.41. The van der Waals surface area contributed by atoms with Crippen LogP contribution in [0.4, 0.5) is 4.79 Å². The lowest BCUT2D eigenvalue weighted by atomic mass is 9.81. The van der Waals surface area contributed by atoms with Gasteiger partial charge in [0.2, 0.25) is 6.29 Å². The van der Waals surface area contributed by atoms with Gasteiger partial charge in [-0.2, -0.15) is 0 Å². The molecule has 1 aliphatic carbocycles. The summed E-state index contributed by atoms with van der Waals surface area (Å²) in [5, 5.41) is 0. The predicted molar refractivity (Wildman–Crippen MR) is 83.8 cm³/mol. The zero-order valence-corrected chi connectivity index (χ0v) is 14.9. The molecule has 4 atom stereocenters. The van der Waals surface area contributed by atoms with Crippen LogP contribution in [0.2, 0.25) is 0 Å². The van der Waals surface area contributed by atoms with E-state index in [0.717, 1.165) is 24.8 Å². The van der Waals surface area contributed by atoms with E-state index < -0.39 is 24.3 Å². The highest BCUT2D eigenvalue weighted by molar-refractivity contribution is 5.60. The van der Waals surface area contributed by atoms with E-state index in [1.54, 1.807) is 27.9 Å². The van der Waals surface area contributed by atoms with Crippen LogP contribution < -0.4 is 0 Å². The SMILES string of the molecule is COC(OC(=O)OC(C)(C)C)[C@@H]1CCCC2=C1[C@@H](OC)O[C@H]2C. The smallest absolute Gasteiger partial charge is 0.429 e. The Morgan fingerprint density at radius 3 is 2.57 bits per heavy atom. The fourth-order valence-corrected chi connectivity index (χ4v) is 3.28. The van der Waals surface area contributed by atoms with E-state index in [1.807, 2.05) is 6.92 Å². The first kappa shape index (κ1) is 18.2. The predicted octanol–water partition coefficient (Wildman–Crippen LogP) is 3.40. The fraction of sp³-hybridized carbons (Fsp3) is 0.824. The minimum Gasteiger partial charge on any atom is -0.429 e. The van der Waals surface area contributed by atoms with Crippen molar-refractivity contribution in [2.75, 3.05) is 14.2 Å². The molecule has 1 unspecified atom stereocenters. The van der Waals surface area contributed by atoms with Crippen molar-refractivity contribution in [3.8, 4) is 0 Å². The molecule has 23 heavy (non-hydrogen) atoms. The number of rotatable bonds is 4. The Bertz CT molecular complexity index is 464. The molecule has 0 saturated carbocycles. The van der Waals surface area contributed by atoms with Crippen LogP contribution in [0.3, 0.4) is 0 Å². The van der Waals surface area contributed by atoms with Crippen molar-refractivity contribution < 1.29 is 28.5 Å². The number of methoxy groups -OCH3 is 2. The first-order valence-corrected chi connectivity index (χ1v) is 8.10. The Hall–Kier alpha value is -1.11. The first-order chi connectivity index (χ1) is 10.8. The molecular formula is C17H28O6. The topological polar surface area (TPSA) is 63.2 Å². The van der Waals surface area contributed by atoms with Gasteiger partial charge in [0.25, 0.3) is 0 Å². The summed E-state index contributed by atoms with van der Waals surface area (Å²) < 4.78 is 27.4. The summed E-state index contributed by atoms with van der Waals surface area (Å²) >= 11 is 0. The second-order valence-corrected chi connectivity index (χ2v) is 7.01. The molecule has 6 heteroatoms. The third-order valence-electron chi connectivity index (χ3n) is 4.18. The molecule has 0 aromatic heterocycles. The van der Waals surface area contributed by atoms with Gasteiger partial charge in [0.05, 0.1) is 6.10 Å². The number of hydrogen-bond donors (Lipinski definition) is 0. The molecular weight excluding hydrogens is 300 g/mol. The molecule has 0 spiro atoms. The van der Waals surface area contributed by atoms with Gasteiger partial charge in [-0.3, -0.25) is 0 Å². The minimum absolute atomic E-state index is 0.0248. The van der Waals surface area contributed by atoms with Crippen LogP contribution in [0.1, 0.15) is 47.0 Å². The highest BCUT2D eigenvalue weighted by atomic mass is 16.8. The standard InChI is InChI=1S/C17H28O6/c1-10-11-8-7-9-12(13(11)15(20-6)21-10)14(19-5)22-16(18)23-17(2,3)4/h10,12,14-15H,7-9H2,1-6H3/t10-,12+,14?,15-/m0/s1. The maximum absolute atomic E-state index is 12.0. The zero-order valence-electron chi connectivity index (χ0n) is 14.9. The van der Waals surface area contributed by atoms with Gasteiger partial charge in [0.1, 0.15) is 5.60 Å². The molecule has 132 valence electrons. The molecule has 1 aliphatic heterocycles. The van der Waals surface area contributed by atoms with Crippen LogP contribution >= 0.6 is 0 Å². The summed E-state index contributed by atoms with van der Waals surface area (Å²) in [5.74, 6) is -0.0776. The van der Waals surface area contributed by atoms with Crippen molar-refractivity contribution in [2.45, 2.75) is 71.2 Å². The van der Waals surface area contributed by atoms with Crippen molar-refractivity contribution in [2.24, 2.45) is 5.92 Å². The van der Waals surface area contributed by atoms with Crippen molar-refractivity contribution in [1.82, 2.24) is 0 Å². The summed E-state index contributed by atoms with van der Waals surface area (Å²) in [4.78, 5) is 12.0. The Labute approximate surface area is 138 Å². The first-order valence-electron chi connectivity index (χ1n) is 8.10. The molecule has 0 aromatic rings. The summed E-state index contributed by atoms with van der Waals surface area (Å²) in [6.07, 6.45) is 1.04. The van der Waals surface area contributed by atoms with Crippen molar-refractivity contribution in [1.29, 1.82) is 0 Å². The van der Waals surface area contributed by atoms with Crippen LogP contribution in [0.5, 0.6) is 0 Å². The second kappa shape index (κ2) is 7.20. The van der Waals surface area contributed by atoms with Crippen LogP contribution in [-0.4, -0.2) is 44.7 Å². The van der Waals surface area contributed by atoms with E-state index in [4.69, 9.17) is 23.7 Å². The minimum atomic E-state index is -0.724. The normalized spacial score (nSPS) is 29.2. The average Bonchev–Trinajstić information content (AvgIpc) is 2.80. The van der Waals surface area contributed by atoms with E-state index in [0.29, 0.717) is 0 Å². The molecule has 0 aromatic carbocycles. The van der Waals surface area contributed by atoms with Crippen molar-refractivity contribution in [3.05, 3.63) is 11.1 Å². The number of carbonyl (C=O) groups excluding carboxylic acids is 1. The summed E-state index contributed by atoms with van der Waals surface area (Å²) in [5.41, 5.74) is 1.69. The van der Waals surface area contributed by atoms with Gasteiger partial charge >= 0.3 is 6.16 Å². The lowest BCUT2D eigenvalue weighted by Crippen LogP contribution is -2.36. The Morgan fingerprint density at radius 2 is 2.00 bits per heavy atom. The van der Waals surface area contributed by atoms with Gasteiger partial charge < -0.3 is 23.7 Å². The quantitative estimate of drug-likeness (QED) is 0.448. The van der Waals surface area contributed by atoms with Gasteiger partial charge in [-0.1, -0.05) is 0 Å². The van der Waals surface area contributed by atoms with Crippen molar-refractivity contribution in [3.63, 3.8) is 0 Å². The van der Waals surface area contributed by atoms with E-state index >= 15 is 0 Å². The van der Waals surface area contributed by atoms with E-state index in [9.17, 15) is 4.79 Å². The number of ether oxygens (including phenoxy) is 5. The highest BCUT2D eigenvalue weighted by Crippen LogP contribution is 2.43. The maximum Gasteiger partial charge on any atom is 0.511 e. The van der Waals surface area contributed by atoms with Crippen LogP contribution in [0.25, 0.3) is 0 Å². The average molecular weight is 328 g/mol. The molecule has 0 amide bonds. The van der Waals surface area contributed by atoms with Gasteiger partial charge in [0.15, 0.2) is 6.29 Å². The molecule has 6 nitrogen and oxygen atoms in total. The number of carbonyl (C=O) groups is 1. The molecule has 0 bridgehead atoms. The molecule has 1 heterocycles. The highest BCUT2D eigenvalue weighted by Gasteiger charge is 2.43. The van der Waals surface area contributed by atoms with Gasteiger partial charge in [-0.05, 0) is 58.1 Å². The summed E-state index contributed by atoms with van der Waals surface area (Å²) in [6, 6.07) is 0. The molecule has 0 saturated heterocycles. The molecule has 0 radical (unpaired) electrons. The second-order valence-electron chi connectivity index (χ2n) is 7.01. The third-order valence-corrected chi connectivity index (χ3v) is 4.18. The van der Waals surface area contributed by atoms with Gasteiger partial charge in [0, 0.05) is 20.1 Å². The Balaban J connectivity index is 2.15. The van der Waals surface area contributed by atoms with E-state index in [1.165, 1.54) is 12.7 Å². The largest absolute Gasteiger partial charge is 0.511 e. The van der Waals surface area contributed by atoms with E-state index in [-0.39, 0.29) is 12.0 Å². The molecule has 2 rings (SSSR count). The molecule has 0 N–H and O–H groups in total. The lowest BCUT2D eigenvalue weighted by Gasteiger charge is -2.32. The van der Waals surface area contributed by atoms with E-state index in [2.05, 4.69) is 0 Å². The van der Waals surface area contributed by atoms with Gasteiger partial charge in [-0.15, -0.1) is 0 Å². The third kappa shape index (κ3) is 4.25. The fourth-order valence-electron chi connectivity index (χ4n) is 3.28. The van der Waals surface area contributed by atoms with Crippen LogP contribution in [-0.2, 0) is 23.7 Å². The number of hydrogen-bond acceptors (Lipinski definition) is 6. The Morgan fingerprint density at radius 1 is 1.30 bits per heavy atom. The van der Waals surface area contributed by atoms with Crippen LogP contribution in [0, 0.1) is 5.92 Å². The monoisotopic (exact) mass is 328 g/mol. The summed E-state index contributed by atoms with van der Waals surface area (Å²) in [7, 11) is 3.15. The molecule has 0 fully saturated rings. The lowest BCUT2D eigenvalue weighted by molar-refractivity contribution is -0.152. The van der Waals surface area contributed by atoms with Crippen molar-refractivity contribution >= 4 is 6.16 Å².